The second-order valence-corrected chi connectivity index (χ2v) is 5.20. The van der Waals surface area contributed by atoms with E-state index in [-0.39, 0.29) is 19.6 Å². The van der Waals surface area contributed by atoms with Crippen molar-refractivity contribution in [2.24, 2.45) is 0 Å². The van der Waals surface area contributed by atoms with Crippen molar-refractivity contribution in [2.75, 3.05) is 13.1 Å². The first kappa shape index (κ1) is 15.7. The smallest absolute Gasteiger partial charge is 0.410 e. The molecule has 6 heteroatoms. The minimum atomic E-state index is -3.15. The van der Waals surface area contributed by atoms with Crippen LogP contribution in [-0.4, -0.2) is 41.2 Å². The van der Waals surface area contributed by atoms with Gasteiger partial charge >= 0.3 is 6.09 Å². The Bertz CT molecular complexity index is 467. The molecule has 0 spiro atoms. The van der Waals surface area contributed by atoms with Crippen molar-refractivity contribution in [2.45, 2.75) is 37.9 Å². The van der Waals surface area contributed by atoms with Gasteiger partial charge in [-0.3, -0.25) is 0 Å². The molecule has 1 aromatic carbocycles. The van der Waals surface area contributed by atoms with Crippen LogP contribution < -0.4 is 0 Å². The maximum atomic E-state index is 13.5. The molecule has 1 N–H and O–H groups in total. The van der Waals surface area contributed by atoms with Crippen molar-refractivity contribution in [3.63, 3.8) is 0 Å². The van der Waals surface area contributed by atoms with Crippen molar-refractivity contribution in [3.05, 3.63) is 35.9 Å². The number of aliphatic hydroxyl groups is 1. The fraction of sp³-hybridized carbons (Fsp3) is 0.533. The highest BCUT2D eigenvalue weighted by molar-refractivity contribution is 5.67. The van der Waals surface area contributed by atoms with E-state index >= 15 is 0 Å². The third-order valence-corrected chi connectivity index (χ3v) is 3.57. The molecule has 0 aromatic heterocycles. The van der Waals surface area contributed by atoms with Crippen LogP contribution in [0.5, 0.6) is 0 Å². The zero-order chi connectivity index (χ0) is 15.3. The molecule has 0 bridgehead atoms. The van der Waals surface area contributed by atoms with Crippen LogP contribution >= 0.6 is 0 Å². The Morgan fingerprint density at radius 3 is 2.76 bits per heavy atom. The van der Waals surface area contributed by atoms with Crippen LogP contribution in [0, 0.1) is 0 Å². The molecule has 0 aliphatic carbocycles. The molecule has 1 amide bonds. The minimum Gasteiger partial charge on any atom is -0.445 e. The summed E-state index contributed by atoms with van der Waals surface area (Å²) in [6.45, 7) is 0.327. The Morgan fingerprint density at radius 2 is 2.05 bits per heavy atom. The second kappa shape index (κ2) is 6.85. The number of amides is 1. The van der Waals surface area contributed by atoms with Crippen LogP contribution in [-0.2, 0) is 11.3 Å². The first-order chi connectivity index (χ1) is 9.99. The van der Waals surface area contributed by atoms with E-state index in [1.165, 1.54) is 4.90 Å². The van der Waals surface area contributed by atoms with Crippen molar-refractivity contribution in [1.29, 1.82) is 0 Å². The second-order valence-electron chi connectivity index (χ2n) is 5.20. The zero-order valence-corrected chi connectivity index (χ0v) is 11.7. The summed E-state index contributed by atoms with van der Waals surface area (Å²) in [7, 11) is 0. The van der Waals surface area contributed by atoms with Crippen molar-refractivity contribution in [1.82, 2.24) is 4.90 Å². The van der Waals surface area contributed by atoms with E-state index in [9.17, 15) is 18.7 Å². The molecular formula is C15H19F2NO3. The van der Waals surface area contributed by atoms with Crippen LogP contribution in [0.4, 0.5) is 13.6 Å². The summed E-state index contributed by atoms with van der Waals surface area (Å²) in [6, 6.07) is 9.18. The molecule has 0 radical (unpaired) electrons. The van der Waals surface area contributed by atoms with Gasteiger partial charge in [-0.15, -0.1) is 0 Å². The highest BCUT2D eigenvalue weighted by Gasteiger charge is 2.40. The van der Waals surface area contributed by atoms with Gasteiger partial charge in [0, 0.05) is 19.5 Å². The minimum absolute atomic E-state index is 0.0184. The Labute approximate surface area is 122 Å². The number of rotatable bonds is 2. The lowest BCUT2D eigenvalue weighted by Crippen LogP contribution is -2.43. The molecule has 1 aromatic rings. The molecule has 1 unspecified atom stereocenters. The lowest BCUT2D eigenvalue weighted by molar-refractivity contribution is -0.124. The summed E-state index contributed by atoms with van der Waals surface area (Å²) in [5.41, 5.74) is 0.846. The predicted octanol–water partition coefficient (Wildman–Crippen LogP) is 2.81. The Hall–Kier alpha value is -1.69. The number of carbonyl (C=O) groups excluding carboxylic acids is 1. The van der Waals surface area contributed by atoms with E-state index < -0.39 is 24.5 Å². The number of alkyl halides is 2. The van der Waals surface area contributed by atoms with Gasteiger partial charge in [-0.05, 0) is 18.4 Å². The Kier molecular flexibility index (Phi) is 5.12. The van der Waals surface area contributed by atoms with E-state index in [0.717, 1.165) is 5.56 Å². The summed E-state index contributed by atoms with van der Waals surface area (Å²) < 4.78 is 32.1. The van der Waals surface area contributed by atoms with Gasteiger partial charge in [0.1, 0.15) is 12.7 Å². The quantitative estimate of drug-likeness (QED) is 0.913. The maximum Gasteiger partial charge on any atom is 0.410 e. The molecule has 116 valence electrons. The fourth-order valence-corrected chi connectivity index (χ4v) is 2.24. The highest BCUT2D eigenvalue weighted by atomic mass is 19.3. The summed E-state index contributed by atoms with van der Waals surface area (Å²) in [5.74, 6) is -3.15. The van der Waals surface area contributed by atoms with E-state index in [1.807, 2.05) is 30.3 Å². The third kappa shape index (κ3) is 4.39. The van der Waals surface area contributed by atoms with Crippen LogP contribution in [0.1, 0.15) is 24.8 Å². The average molecular weight is 299 g/mol. The number of halogens is 2. The monoisotopic (exact) mass is 299 g/mol. The van der Waals surface area contributed by atoms with Gasteiger partial charge in [0.15, 0.2) is 0 Å². The SMILES string of the molecule is O=C(OCc1ccccc1)N1CCCC(O)C(F)(F)CC1. The van der Waals surface area contributed by atoms with Crippen LogP contribution in [0.2, 0.25) is 0 Å². The van der Waals surface area contributed by atoms with Crippen molar-refractivity contribution in [3.8, 4) is 0 Å². The molecule has 1 atom stereocenters. The summed E-state index contributed by atoms with van der Waals surface area (Å²) >= 11 is 0. The highest BCUT2D eigenvalue weighted by Crippen LogP contribution is 2.28. The van der Waals surface area contributed by atoms with Crippen LogP contribution in [0.15, 0.2) is 30.3 Å². The maximum absolute atomic E-state index is 13.5. The van der Waals surface area contributed by atoms with Crippen LogP contribution in [0.25, 0.3) is 0 Å². The first-order valence-corrected chi connectivity index (χ1v) is 7.00. The number of hydrogen-bond donors (Lipinski definition) is 1. The molecule has 2 rings (SSSR count). The first-order valence-electron chi connectivity index (χ1n) is 7.00. The Morgan fingerprint density at radius 1 is 1.33 bits per heavy atom. The molecule has 1 aliphatic heterocycles. The molecular weight excluding hydrogens is 280 g/mol. The van der Waals surface area contributed by atoms with Gasteiger partial charge in [-0.25, -0.2) is 13.6 Å². The van der Waals surface area contributed by atoms with Gasteiger partial charge in [-0.1, -0.05) is 30.3 Å². The number of carbonyl (C=O) groups is 1. The number of ether oxygens (including phenoxy) is 1. The summed E-state index contributed by atoms with van der Waals surface area (Å²) in [6.07, 6.45) is -2.45. The van der Waals surface area contributed by atoms with Gasteiger partial charge < -0.3 is 14.7 Å². The number of benzene rings is 1. The molecule has 21 heavy (non-hydrogen) atoms. The van der Waals surface area contributed by atoms with Gasteiger partial charge in [0.05, 0.1) is 0 Å². The van der Waals surface area contributed by atoms with Crippen LogP contribution in [0.3, 0.4) is 0 Å². The molecule has 1 saturated heterocycles. The largest absolute Gasteiger partial charge is 0.445 e. The van der Waals surface area contributed by atoms with Gasteiger partial charge in [0.25, 0.3) is 5.92 Å². The molecule has 0 saturated carbocycles. The average Bonchev–Trinajstić information content (AvgIpc) is 2.47. The zero-order valence-electron chi connectivity index (χ0n) is 11.7. The van der Waals surface area contributed by atoms with E-state index in [2.05, 4.69) is 0 Å². The van der Waals surface area contributed by atoms with E-state index in [0.29, 0.717) is 13.0 Å². The Balaban J connectivity index is 1.87. The standard InChI is InChI=1S/C15H19F2NO3/c16-15(17)8-10-18(9-4-7-13(15)19)14(20)21-11-12-5-2-1-3-6-12/h1-3,5-6,13,19H,4,7-11H2. The third-order valence-electron chi connectivity index (χ3n) is 3.57. The van der Waals surface area contributed by atoms with E-state index in [1.54, 1.807) is 0 Å². The number of aliphatic hydroxyl groups excluding tert-OH is 1. The summed E-state index contributed by atoms with van der Waals surface area (Å²) in [4.78, 5) is 13.2. The molecule has 1 aliphatic rings. The van der Waals surface area contributed by atoms with Crippen molar-refractivity contribution < 1.29 is 23.4 Å². The molecule has 1 heterocycles. The lowest BCUT2D eigenvalue weighted by Gasteiger charge is -2.30. The summed E-state index contributed by atoms with van der Waals surface area (Å²) in [5, 5.41) is 9.33. The normalized spacial score (nSPS) is 22.2. The van der Waals surface area contributed by atoms with E-state index in [4.69, 9.17) is 4.74 Å². The molecule has 1 fully saturated rings. The number of nitrogens with zero attached hydrogens (tertiary/aromatic N) is 1. The fourth-order valence-electron chi connectivity index (χ4n) is 2.24. The van der Waals surface area contributed by atoms with Crippen molar-refractivity contribution >= 4 is 6.09 Å². The van der Waals surface area contributed by atoms with Gasteiger partial charge in [-0.2, -0.15) is 0 Å². The molecule has 4 nitrogen and oxygen atoms in total. The topological polar surface area (TPSA) is 49.8 Å². The number of likely N-dealkylation sites (tertiary alicyclic amines) is 1. The lowest BCUT2D eigenvalue weighted by atomic mass is 10.0. The van der Waals surface area contributed by atoms with Gasteiger partial charge in [0.2, 0.25) is 0 Å². The number of hydrogen-bond acceptors (Lipinski definition) is 3. The predicted molar refractivity (Wildman–Crippen MR) is 73.0 cm³/mol.